The van der Waals surface area contributed by atoms with Crippen LogP contribution in [-0.2, 0) is 30.4 Å². The fourth-order valence-electron chi connectivity index (χ4n) is 3.96. The van der Waals surface area contributed by atoms with Crippen molar-refractivity contribution < 1.29 is 34.2 Å². The van der Waals surface area contributed by atoms with Crippen molar-refractivity contribution in [1.82, 2.24) is 20.9 Å². The van der Waals surface area contributed by atoms with Gasteiger partial charge in [0.1, 0.15) is 18.1 Å². The first-order valence-electron chi connectivity index (χ1n) is 12.7. The molecular formula is C26H37N5O7S2. The van der Waals surface area contributed by atoms with Crippen LogP contribution in [0, 0.1) is 0 Å². The van der Waals surface area contributed by atoms with Crippen LogP contribution in [0.5, 0.6) is 0 Å². The van der Waals surface area contributed by atoms with Gasteiger partial charge in [0.05, 0.1) is 6.04 Å². The first-order valence-corrected chi connectivity index (χ1v) is 15.5. The third-order valence-corrected chi connectivity index (χ3v) is 7.49. The summed E-state index contributed by atoms with van der Waals surface area (Å²) in [5, 5.41) is 27.3. The Balaban J connectivity index is 2.13. The number of thioether (sulfide) groups is 2. The summed E-state index contributed by atoms with van der Waals surface area (Å²) in [6.07, 6.45) is 5.52. The van der Waals surface area contributed by atoms with Gasteiger partial charge in [-0.2, -0.15) is 23.5 Å². The lowest BCUT2D eigenvalue weighted by atomic mass is 10.0. The molecule has 0 aliphatic rings. The summed E-state index contributed by atoms with van der Waals surface area (Å²) in [7, 11) is 0. The van der Waals surface area contributed by atoms with Gasteiger partial charge in [0, 0.05) is 29.9 Å². The van der Waals surface area contributed by atoms with E-state index in [-0.39, 0.29) is 32.1 Å². The van der Waals surface area contributed by atoms with Gasteiger partial charge in [-0.3, -0.25) is 19.2 Å². The number of nitrogens with one attached hydrogen (secondary N) is 4. The molecule has 14 heteroatoms. The number of hydrogen-bond donors (Lipinski definition) is 7. The number of carbonyl (C=O) groups excluding carboxylic acids is 3. The first kappa shape index (κ1) is 33.0. The SMILES string of the molecule is CSCCC(NC(=O)C(N)CCC(=O)O)C(=O)NC(CCSC)C(=O)NC(Cc1c[nH]c2ccccc12)C(=O)O. The number of aliphatic carboxylic acids is 2. The molecule has 1 aromatic carbocycles. The number of aromatic nitrogens is 1. The van der Waals surface area contributed by atoms with Gasteiger partial charge in [-0.05, 0) is 54.9 Å². The molecule has 0 aliphatic carbocycles. The summed E-state index contributed by atoms with van der Waals surface area (Å²) >= 11 is 2.92. The highest BCUT2D eigenvalue weighted by atomic mass is 32.2. The van der Waals surface area contributed by atoms with Crippen LogP contribution in [0.1, 0.15) is 31.2 Å². The van der Waals surface area contributed by atoms with Crippen LogP contribution in [0.4, 0.5) is 0 Å². The smallest absolute Gasteiger partial charge is 0.326 e. The lowest BCUT2D eigenvalue weighted by molar-refractivity contribution is -0.142. The van der Waals surface area contributed by atoms with E-state index in [1.807, 2.05) is 36.8 Å². The van der Waals surface area contributed by atoms with Crippen molar-refractivity contribution in [2.24, 2.45) is 5.73 Å². The van der Waals surface area contributed by atoms with Crippen LogP contribution in [0.2, 0.25) is 0 Å². The Bertz CT molecular complexity index is 1180. The number of para-hydroxylation sites is 1. The molecule has 2 rings (SSSR count). The lowest BCUT2D eigenvalue weighted by Crippen LogP contribution is -2.57. The van der Waals surface area contributed by atoms with E-state index in [1.165, 1.54) is 23.5 Å². The van der Waals surface area contributed by atoms with E-state index >= 15 is 0 Å². The van der Waals surface area contributed by atoms with E-state index in [0.717, 1.165) is 16.5 Å². The summed E-state index contributed by atoms with van der Waals surface area (Å²) in [6.45, 7) is 0. The third kappa shape index (κ3) is 10.4. The van der Waals surface area contributed by atoms with Crippen molar-refractivity contribution in [2.45, 2.75) is 56.3 Å². The molecule has 1 aromatic heterocycles. The summed E-state index contributed by atoms with van der Waals surface area (Å²) in [6, 6.07) is 3.02. The third-order valence-electron chi connectivity index (χ3n) is 6.21. The number of fused-ring (bicyclic) bond motifs is 1. The summed E-state index contributed by atoms with van der Waals surface area (Å²) in [5.41, 5.74) is 7.37. The van der Waals surface area contributed by atoms with Crippen LogP contribution < -0.4 is 21.7 Å². The number of carbonyl (C=O) groups is 5. The van der Waals surface area contributed by atoms with Crippen molar-refractivity contribution in [2.75, 3.05) is 24.0 Å². The van der Waals surface area contributed by atoms with Crippen molar-refractivity contribution >= 4 is 64.1 Å². The maximum absolute atomic E-state index is 13.2. The number of aromatic amines is 1. The minimum absolute atomic E-state index is 0.0366. The van der Waals surface area contributed by atoms with E-state index in [1.54, 1.807) is 6.20 Å². The molecule has 40 heavy (non-hydrogen) atoms. The molecule has 2 aromatic rings. The molecule has 3 amide bonds. The Kier molecular flexibility index (Phi) is 13.8. The molecule has 12 nitrogen and oxygen atoms in total. The van der Waals surface area contributed by atoms with E-state index in [0.29, 0.717) is 11.5 Å². The van der Waals surface area contributed by atoms with Crippen LogP contribution >= 0.6 is 23.5 Å². The summed E-state index contributed by atoms with van der Waals surface area (Å²) < 4.78 is 0. The van der Waals surface area contributed by atoms with E-state index in [4.69, 9.17) is 10.8 Å². The molecule has 0 radical (unpaired) electrons. The number of nitrogens with two attached hydrogens (primary N) is 1. The Hall–Kier alpha value is -3.23. The van der Waals surface area contributed by atoms with E-state index in [2.05, 4.69) is 20.9 Å². The number of H-pyrrole nitrogens is 1. The average molecular weight is 596 g/mol. The fraction of sp³-hybridized carbons (Fsp3) is 0.500. The van der Waals surface area contributed by atoms with Crippen molar-refractivity contribution in [3.05, 3.63) is 36.0 Å². The zero-order valence-electron chi connectivity index (χ0n) is 22.5. The maximum Gasteiger partial charge on any atom is 0.326 e. The second kappa shape index (κ2) is 16.8. The quantitative estimate of drug-likeness (QED) is 0.130. The molecule has 0 aliphatic heterocycles. The van der Waals surface area contributed by atoms with Crippen molar-refractivity contribution in [3.8, 4) is 0 Å². The van der Waals surface area contributed by atoms with Gasteiger partial charge in [0.15, 0.2) is 0 Å². The molecule has 0 saturated heterocycles. The van der Waals surface area contributed by atoms with Crippen LogP contribution in [0.3, 0.4) is 0 Å². The first-order chi connectivity index (χ1) is 19.1. The lowest BCUT2D eigenvalue weighted by Gasteiger charge is -2.25. The number of benzene rings is 1. The molecular weight excluding hydrogens is 558 g/mol. The van der Waals surface area contributed by atoms with Gasteiger partial charge < -0.3 is 36.9 Å². The van der Waals surface area contributed by atoms with E-state index in [9.17, 15) is 29.1 Å². The Labute approximate surface area is 241 Å². The molecule has 4 unspecified atom stereocenters. The second-order valence-electron chi connectivity index (χ2n) is 9.19. The van der Waals surface area contributed by atoms with Gasteiger partial charge in [0.25, 0.3) is 0 Å². The van der Waals surface area contributed by atoms with Crippen LogP contribution in [0.15, 0.2) is 30.5 Å². The minimum Gasteiger partial charge on any atom is -0.481 e. The van der Waals surface area contributed by atoms with Gasteiger partial charge in [0.2, 0.25) is 17.7 Å². The van der Waals surface area contributed by atoms with Crippen LogP contribution in [0.25, 0.3) is 10.9 Å². The fourth-order valence-corrected chi connectivity index (χ4v) is 4.91. The molecule has 0 saturated carbocycles. The largest absolute Gasteiger partial charge is 0.481 e. The number of rotatable bonds is 18. The zero-order chi connectivity index (χ0) is 29.7. The molecule has 8 N–H and O–H groups in total. The predicted octanol–water partition coefficient (Wildman–Crippen LogP) is 0.948. The standard InChI is InChI=1S/C26H37N5O7S2/c1-39-11-9-19(29-23(34)17(27)7-8-22(32)33)24(35)30-20(10-12-40-2)25(36)31-21(26(37)38)13-15-14-28-18-6-4-3-5-16(15)18/h3-6,14,17,19-21,28H,7-13,27H2,1-2H3,(H,29,34)(H,30,35)(H,31,36)(H,32,33)(H,37,38). The Morgan fingerprint density at radius 2 is 1.40 bits per heavy atom. The van der Waals surface area contributed by atoms with Crippen molar-refractivity contribution in [3.63, 3.8) is 0 Å². The van der Waals surface area contributed by atoms with Crippen molar-refractivity contribution in [1.29, 1.82) is 0 Å². The molecule has 4 atom stereocenters. The maximum atomic E-state index is 13.2. The van der Waals surface area contributed by atoms with E-state index < -0.39 is 53.8 Å². The number of hydrogen-bond acceptors (Lipinski definition) is 8. The summed E-state index contributed by atoms with van der Waals surface area (Å²) in [5.74, 6) is -3.20. The highest BCUT2D eigenvalue weighted by molar-refractivity contribution is 7.98. The predicted molar refractivity (Wildman–Crippen MR) is 156 cm³/mol. The number of amides is 3. The Morgan fingerprint density at radius 3 is 1.95 bits per heavy atom. The molecule has 1 heterocycles. The highest BCUT2D eigenvalue weighted by Crippen LogP contribution is 2.19. The number of carboxylic acid groups (broad SMARTS) is 2. The molecule has 220 valence electrons. The molecule has 0 spiro atoms. The highest BCUT2D eigenvalue weighted by Gasteiger charge is 2.30. The average Bonchev–Trinajstić information content (AvgIpc) is 3.33. The normalized spacial score (nSPS) is 14.1. The molecule has 0 fully saturated rings. The number of carboxylic acids is 2. The van der Waals surface area contributed by atoms with Gasteiger partial charge in [-0.25, -0.2) is 4.79 Å². The topological polar surface area (TPSA) is 204 Å². The molecule has 0 bridgehead atoms. The zero-order valence-corrected chi connectivity index (χ0v) is 24.1. The minimum atomic E-state index is -1.24. The second-order valence-corrected chi connectivity index (χ2v) is 11.2. The monoisotopic (exact) mass is 595 g/mol. The van der Waals surface area contributed by atoms with Crippen LogP contribution in [-0.4, -0.2) is 93.0 Å². The van der Waals surface area contributed by atoms with Gasteiger partial charge >= 0.3 is 11.9 Å². The summed E-state index contributed by atoms with van der Waals surface area (Å²) in [4.78, 5) is 64.9. The Morgan fingerprint density at radius 1 is 0.850 bits per heavy atom. The van der Waals surface area contributed by atoms with Gasteiger partial charge in [-0.15, -0.1) is 0 Å². The van der Waals surface area contributed by atoms with Gasteiger partial charge in [-0.1, -0.05) is 18.2 Å².